The van der Waals surface area contributed by atoms with Gasteiger partial charge in [-0.05, 0) is 49.3 Å². The molecule has 2 aromatic rings. The average Bonchev–Trinajstić information content (AvgIpc) is 3.06. The highest BCUT2D eigenvalue weighted by atomic mass is 32.1. The minimum atomic E-state index is -0.614. The summed E-state index contributed by atoms with van der Waals surface area (Å²) >= 11 is 1.64. The second-order valence-corrected chi connectivity index (χ2v) is 7.51. The molecule has 0 amide bonds. The largest absolute Gasteiger partial charge is 0.505 e. The summed E-state index contributed by atoms with van der Waals surface area (Å²) in [5.41, 5.74) is 0.862. The Morgan fingerprint density at radius 1 is 1.56 bits per heavy atom. The Kier molecular flexibility index (Phi) is 5.56. The number of hydrogen-bond donors (Lipinski definition) is 2. The number of anilines is 1. The number of nitrogens with one attached hydrogen (secondary N) is 1. The molecule has 1 saturated heterocycles. The van der Waals surface area contributed by atoms with Crippen molar-refractivity contribution < 1.29 is 9.50 Å². The fourth-order valence-electron chi connectivity index (χ4n) is 3.33. The summed E-state index contributed by atoms with van der Waals surface area (Å²) in [6.07, 6.45) is 3.37. The number of rotatable bonds is 5. The van der Waals surface area contributed by atoms with Gasteiger partial charge in [-0.25, -0.2) is 14.6 Å². The van der Waals surface area contributed by atoms with Gasteiger partial charge in [-0.2, -0.15) is 0 Å². The molecule has 0 bridgehead atoms. The maximum atomic E-state index is 13.2. The average molecular weight is 358 g/mol. The van der Waals surface area contributed by atoms with E-state index in [2.05, 4.69) is 21.2 Å². The zero-order valence-corrected chi connectivity index (χ0v) is 14.9. The maximum Gasteiger partial charge on any atom is 0.273 e. The van der Waals surface area contributed by atoms with Crippen LogP contribution in [0, 0.1) is 17.0 Å². The molecule has 1 unspecified atom stereocenters. The van der Waals surface area contributed by atoms with Crippen LogP contribution in [0.3, 0.4) is 0 Å². The Morgan fingerprint density at radius 3 is 3.08 bits per heavy atom. The van der Waals surface area contributed by atoms with Crippen molar-refractivity contribution in [1.29, 1.82) is 5.26 Å². The van der Waals surface area contributed by atoms with Crippen LogP contribution in [0.5, 0.6) is 5.75 Å². The van der Waals surface area contributed by atoms with Gasteiger partial charge in [0.25, 0.3) is 6.71 Å². The van der Waals surface area contributed by atoms with Crippen molar-refractivity contribution in [1.82, 2.24) is 9.88 Å². The van der Waals surface area contributed by atoms with E-state index in [1.807, 2.05) is 13.2 Å². The van der Waals surface area contributed by atoms with E-state index in [0.29, 0.717) is 6.42 Å². The highest BCUT2D eigenvalue weighted by molar-refractivity contribution is 7.15. The van der Waals surface area contributed by atoms with Crippen LogP contribution in [-0.2, 0) is 13.0 Å². The second kappa shape index (κ2) is 7.85. The lowest BCUT2D eigenvalue weighted by molar-refractivity contribution is 0.264. The third kappa shape index (κ3) is 4.30. The molecule has 8 heteroatoms. The highest BCUT2D eigenvalue weighted by Crippen LogP contribution is 2.29. The van der Waals surface area contributed by atoms with Gasteiger partial charge in [0.2, 0.25) is 0 Å². The first-order chi connectivity index (χ1) is 12.1. The smallest absolute Gasteiger partial charge is 0.273 e. The monoisotopic (exact) mass is 358 g/mol. The molecule has 1 aliphatic rings. The lowest BCUT2D eigenvalue weighted by Crippen LogP contribution is -2.42. The number of halogens is 1. The van der Waals surface area contributed by atoms with Gasteiger partial charge in [-0.1, -0.05) is 6.07 Å². The van der Waals surface area contributed by atoms with E-state index in [9.17, 15) is 14.8 Å². The zero-order chi connectivity index (χ0) is 17.8. The summed E-state index contributed by atoms with van der Waals surface area (Å²) in [5.74, 6) is 1.64. The molecule has 3 rings (SSSR count). The predicted octanol–water partition coefficient (Wildman–Crippen LogP) is 3.02. The van der Waals surface area contributed by atoms with Crippen molar-refractivity contribution >= 4 is 23.2 Å². The van der Waals surface area contributed by atoms with Gasteiger partial charge < -0.3 is 10.4 Å². The molecular weight excluding hydrogens is 338 g/mol. The Morgan fingerprint density at radius 2 is 2.40 bits per heavy atom. The van der Waals surface area contributed by atoms with Gasteiger partial charge in [0.1, 0.15) is 0 Å². The third-order valence-electron chi connectivity index (χ3n) is 4.64. The van der Waals surface area contributed by atoms with Crippen molar-refractivity contribution in [2.24, 2.45) is 0 Å². The molecule has 1 fully saturated rings. The quantitative estimate of drug-likeness (QED) is 0.804. The van der Waals surface area contributed by atoms with E-state index in [1.54, 1.807) is 17.4 Å². The van der Waals surface area contributed by atoms with Gasteiger partial charge in [-0.15, -0.1) is 11.3 Å². The first-order valence-corrected chi connectivity index (χ1v) is 9.12. The van der Waals surface area contributed by atoms with Crippen molar-refractivity contribution in [2.75, 3.05) is 25.5 Å². The lowest BCUT2D eigenvalue weighted by atomic mass is 9.38. The molecule has 0 aliphatic carbocycles. The number of aromatic hydroxyl groups is 1. The minimum Gasteiger partial charge on any atom is -0.505 e. The van der Waals surface area contributed by atoms with Gasteiger partial charge in [0.05, 0.1) is 0 Å². The van der Waals surface area contributed by atoms with Gasteiger partial charge in [-0.3, -0.25) is 4.90 Å². The van der Waals surface area contributed by atoms with Crippen LogP contribution in [0.2, 0.25) is 12.1 Å². The molecule has 1 aliphatic heterocycles. The third-order valence-corrected chi connectivity index (χ3v) is 5.64. The fourth-order valence-corrected chi connectivity index (χ4v) is 4.14. The van der Waals surface area contributed by atoms with E-state index in [0.717, 1.165) is 36.6 Å². The van der Waals surface area contributed by atoms with Gasteiger partial charge in [0, 0.05) is 30.6 Å². The number of hydrogen-bond acceptors (Lipinski definition) is 6. The molecule has 2 heterocycles. The van der Waals surface area contributed by atoms with Crippen LogP contribution in [0.4, 0.5) is 9.52 Å². The summed E-state index contributed by atoms with van der Waals surface area (Å²) < 4.78 is 13.2. The highest BCUT2D eigenvalue weighted by Gasteiger charge is 2.33. The molecule has 1 aromatic heterocycles. The van der Waals surface area contributed by atoms with E-state index in [1.165, 1.54) is 17.0 Å². The molecule has 5 nitrogen and oxygen atoms in total. The fraction of sp³-hybridized carbons (Fsp3) is 0.412. The molecule has 1 atom stereocenters. The van der Waals surface area contributed by atoms with Crippen LogP contribution in [-0.4, -0.2) is 41.8 Å². The number of phenolic OH excluding ortho intramolecular Hbond substituents is 1. The number of nitrogens with zero attached hydrogens (tertiary/aromatic N) is 3. The summed E-state index contributed by atoms with van der Waals surface area (Å²) in [5, 5.41) is 23.0. The minimum absolute atomic E-state index is 0.0159. The number of phenols is 1. The Labute approximate surface area is 151 Å². The van der Waals surface area contributed by atoms with Crippen molar-refractivity contribution in [2.45, 2.75) is 25.1 Å². The number of benzene rings is 1. The van der Waals surface area contributed by atoms with Crippen LogP contribution < -0.4 is 5.32 Å². The molecule has 0 spiro atoms. The van der Waals surface area contributed by atoms with Crippen LogP contribution in [0.1, 0.15) is 10.4 Å². The zero-order valence-electron chi connectivity index (χ0n) is 14.1. The van der Waals surface area contributed by atoms with E-state index < -0.39 is 5.82 Å². The Bertz CT molecular complexity index is 778. The summed E-state index contributed by atoms with van der Waals surface area (Å²) in [6, 6.07) is 4.43. The lowest BCUT2D eigenvalue weighted by Gasteiger charge is -2.34. The predicted molar refractivity (Wildman–Crippen MR) is 98.6 cm³/mol. The topological polar surface area (TPSA) is 72.2 Å². The molecular formula is C17H20BFN4OS. The van der Waals surface area contributed by atoms with Gasteiger partial charge in [0.15, 0.2) is 16.7 Å². The number of nitriles is 1. The Hall–Kier alpha value is -2.11. The molecule has 25 heavy (non-hydrogen) atoms. The molecule has 0 saturated carbocycles. The van der Waals surface area contributed by atoms with E-state index in [-0.39, 0.29) is 18.3 Å². The van der Waals surface area contributed by atoms with Gasteiger partial charge >= 0.3 is 0 Å². The molecule has 2 N–H and O–H groups in total. The summed E-state index contributed by atoms with van der Waals surface area (Å²) in [4.78, 5) is 7.84. The first kappa shape index (κ1) is 17.7. The van der Waals surface area contributed by atoms with Crippen LogP contribution in [0.15, 0.2) is 24.4 Å². The van der Waals surface area contributed by atoms with Crippen LogP contribution >= 0.6 is 11.3 Å². The standard InChI is InChI=1S/C17H20BFN4OS/c1-21-17-22-8-14(25-17)10-23-5-4-18(11-20)13(9-23)6-12-2-3-15(19)16(24)7-12/h2-3,7-8,13,24H,4-6,9-10H2,1H3,(H,21,22). The normalized spacial score (nSPS) is 18.1. The first-order valence-electron chi connectivity index (χ1n) is 8.31. The van der Waals surface area contributed by atoms with Crippen molar-refractivity contribution in [3.8, 4) is 11.7 Å². The van der Waals surface area contributed by atoms with Crippen molar-refractivity contribution in [3.63, 3.8) is 0 Å². The second-order valence-electron chi connectivity index (χ2n) is 6.39. The summed E-state index contributed by atoms with van der Waals surface area (Å²) in [6.45, 7) is 2.50. The van der Waals surface area contributed by atoms with E-state index in [4.69, 9.17) is 0 Å². The number of aromatic nitrogens is 1. The SMILES string of the molecule is CNc1ncc(CN2CCB(C#N)C(Cc3ccc(F)c(O)c3)C2)s1. The Balaban J connectivity index is 1.67. The van der Waals surface area contributed by atoms with Crippen molar-refractivity contribution in [3.05, 3.63) is 40.7 Å². The van der Waals surface area contributed by atoms with Crippen LogP contribution in [0.25, 0.3) is 0 Å². The maximum absolute atomic E-state index is 13.2. The summed E-state index contributed by atoms with van der Waals surface area (Å²) in [7, 11) is 1.86. The molecule has 0 radical (unpaired) electrons. The number of thiazole rings is 1. The molecule has 1 aromatic carbocycles. The van der Waals surface area contributed by atoms with E-state index >= 15 is 0 Å². The molecule has 130 valence electrons.